The van der Waals surface area contributed by atoms with Gasteiger partial charge < -0.3 is 9.52 Å². The summed E-state index contributed by atoms with van der Waals surface area (Å²) in [5.41, 5.74) is 2.99. The molecule has 0 fully saturated rings. The molecule has 0 unspecified atom stereocenters. The fourth-order valence-electron chi connectivity index (χ4n) is 2.19. The number of hydrogen-bond acceptors (Lipinski definition) is 4. The average molecular weight is 362 g/mol. The van der Waals surface area contributed by atoms with Crippen LogP contribution in [0.15, 0.2) is 51.8 Å². The Morgan fingerprint density at radius 2 is 1.60 bits per heavy atom. The molecule has 1 heterocycles. The molecule has 0 bridgehead atoms. The van der Waals surface area contributed by atoms with Crippen molar-refractivity contribution in [1.29, 1.82) is 0 Å². The molecular weight excluding hydrogens is 344 g/mol. The maximum absolute atomic E-state index is 10.7. The van der Waals surface area contributed by atoms with Crippen LogP contribution >= 0.6 is 0 Å². The minimum atomic E-state index is -4.02. The van der Waals surface area contributed by atoms with Crippen LogP contribution in [0.1, 0.15) is 27.2 Å². The number of carboxylic acid groups (broad SMARTS) is 1. The van der Waals surface area contributed by atoms with Crippen LogP contribution in [0.4, 0.5) is 0 Å². The number of aromatic carboxylic acids is 1. The largest absolute Gasteiger partial charge is 0.478 e. The molecule has 0 radical (unpaired) electrons. The quantitative estimate of drug-likeness (QED) is 0.668. The van der Waals surface area contributed by atoms with Crippen LogP contribution in [-0.2, 0) is 10.1 Å². The summed E-state index contributed by atoms with van der Waals surface area (Å²) in [6, 6.07) is 10.9. The first-order valence-corrected chi connectivity index (χ1v) is 8.81. The van der Waals surface area contributed by atoms with E-state index in [2.05, 4.69) is 0 Å². The van der Waals surface area contributed by atoms with Crippen LogP contribution < -0.4 is 0 Å². The number of fused-ring (bicyclic) bond motifs is 1. The molecule has 3 rings (SSSR count). The van der Waals surface area contributed by atoms with E-state index in [4.69, 9.17) is 14.1 Å². The molecule has 0 saturated heterocycles. The molecule has 3 aromatic rings. The van der Waals surface area contributed by atoms with Crippen molar-refractivity contribution in [3.05, 3.63) is 64.9 Å². The van der Waals surface area contributed by atoms with Crippen LogP contribution in [-0.4, -0.2) is 24.0 Å². The van der Waals surface area contributed by atoms with Gasteiger partial charge in [-0.25, -0.2) is 4.79 Å². The lowest BCUT2D eigenvalue weighted by Crippen LogP contribution is -1.96. The summed E-state index contributed by atoms with van der Waals surface area (Å²) >= 11 is 0. The minimum absolute atomic E-state index is 0.0666. The number of aryl methyl sites for hydroxylation is 3. The highest BCUT2D eigenvalue weighted by Crippen LogP contribution is 2.25. The highest BCUT2D eigenvalue weighted by Gasteiger charge is 2.10. The minimum Gasteiger partial charge on any atom is -0.478 e. The second kappa shape index (κ2) is 7.08. The van der Waals surface area contributed by atoms with Crippen molar-refractivity contribution in [2.45, 2.75) is 25.7 Å². The first-order valence-electron chi connectivity index (χ1n) is 7.37. The third-order valence-corrected chi connectivity index (χ3v) is 4.61. The molecule has 2 N–H and O–H groups in total. The van der Waals surface area contributed by atoms with Crippen molar-refractivity contribution in [2.75, 3.05) is 0 Å². The smallest absolute Gasteiger partial charge is 0.335 e. The second-order valence-electron chi connectivity index (χ2n) is 5.59. The highest BCUT2D eigenvalue weighted by atomic mass is 32.2. The van der Waals surface area contributed by atoms with Crippen LogP contribution in [0.25, 0.3) is 11.0 Å². The van der Waals surface area contributed by atoms with E-state index in [1.807, 2.05) is 20.8 Å². The van der Waals surface area contributed by atoms with E-state index < -0.39 is 16.1 Å². The van der Waals surface area contributed by atoms with Gasteiger partial charge in [-0.3, -0.25) is 4.55 Å². The van der Waals surface area contributed by atoms with E-state index in [9.17, 15) is 13.2 Å². The standard InChI is InChI=1S/C11H10O3.C7H8O3S/c1-6-7(2)14-10-4-3-8(11(12)13)5-9(6)10;1-6-2-4-7(5-3-6)11(8,9)10/h3-5H,1-2H3,(H,12,13);2-5H,1H3,(H,8,9,10). The average Bonchev–Trinajstić information content (AvgIpc) is 2.82. The topological polar surface area (TPSA) is 105 Å². The summed E-state index contributed by atoms with van der Waals surface area (Å²) in [6.07, 6.45) is 0. The third kappa shape index (κ3) is 4.46. The summed E-state index contributed by atoms with van der Waals surface area (Å²) in [6.45, 7) is 5.64. The number of benzene rings is 2. The lowest BCUT2D eigenvalue weighted by molar-refractivity contribution is 0.0697. The zero-order chi connectivity index (χ0) is 18.8. The van der Waals surface area contributed by atoms with Crippen LogP contribution in [0.5, 0.6) is 0 Å². The van der Waals surface area contributed by atoms with Crippen molar-refractivity contribution in [2.24, 2.45) is 0 Å². The predicted octanol–water partition coefficient (Wildman–Crippen LogP) is 3.99. The van der Waals surface area contributed by atoms with Gasteiger partial charge in [-0.2, -0.15) is 8.42 Å². The van der Waals surface area contributed by atoms with Gasteiger partial charge in [0, 0.05) is 5.39 Å². The number of carboxylic acids is 1. The SMILES string of the molecule is Cc1ccc(S(=O)(=O)O)cc1.Cc1oc2ccc(C(=O)O)cc2c1C. The van der Waals surface area contributed by atoms with E-state index in [-0.39, 0.29) is 4.90 Å². The van der Waals surface area contributed by atoms with E-state index in [0.717, 1.165) is 27.9 Å². The summed E-state index contributed by atoms with van der Waals surface area (Å²) in [5, 5.41) is 9.69. The Morgan fingerprint density at radius 1 is 1.00 bits per heavy atom. The zero-order valence-electron chi connectivity index (χ0n) is 14.0. The summed E-state index contributed by atoms with van der Waals surface area (Å²) in [5.74, 6) is -0.0762. The first kappa shape index (κ1) is 18.7. The molecule has 25 heavy (non-hydrogen) atoms. The Hall–Kier alpha value is -2.64. The lowest BCUT2D eigenvalue weighted by Gasteiger charge is -1.95. The van der Waals surface area contributed by atoms with Crippen molar-refractivity contribution in [3.8, 4) is 0 Å². The fraction of sp³-hybridized carbons (Fsp3) is 0.167. The van der Waals surface area contributed by atoms with E-state index >= 15 is 0 Å². The molecule has 2 aromatic carbocycles. The Morgan fingerprint density at radius 3 is 2.12 bits per heavy atom. The fourth-order valence-corrected chi connectivity index (χ4v) is 2.67. The summed E-state index contributed by atoms with van der Waals surface area (Å²) in [7, 11) is -4.02. The Kier molecular flexibility index (Phi) is 5.30. The first-order chi connectivity index (χ1) is 11.6. The van der Waals surface area contributed by atoms with Crippen molar-refractivity contribution in [3.63, 3.8) is 0 Å². The molecule has 7 heteroatoms. The molecule has 1 aromatic heterocycles. The van der Waals surface area contributed by atoms with E-state index in [1.165, 1.54) is 12.1 Å². The Balaban J connectivity index is 0.000000186. The molecular formula is C18H18O6S. The molecule has 6 nitrogen and oxygen atoms in total. The van der Waals surface area contributed by atoms with Gasteiger partial charge in [0.25, 0.3) is 10.1 Å². The van der Waals surface area contributed by atoms with Crippen molar-refractivity contribution < 1.29 is 27.3 Å². The number of furan rings is 1. The third-order valence-electron chi connectivity index (χ3n) is 3.74. The second-order valence-corrected chi connectivity index (χ2v) is 7.01. The maximum Gasteiger partial charge on any atom is 0.335 e. The van der Waals surface area contributed by atoms with Crippen LogP contribution in [0, 0.1) is 20.8 Å². The van der Waals surface area contributed by atoms with Gasteiger partial charge in [0.1, 0.15) is 11.3 Å². The van der Waals surface area contributed by atoms with Gasteiger partial charge in [-0.1, -0.05) is 17.7 Å². The zero-order valence-corrected chi connectivity index (χ0v) is 14.8. The summed E-state index contributed by atoms with van der Waals surface area (Å²) in [4.78, 5) is 10.7. The highest BCUT2D eigenvalue weighted by molar-refractivity contribution is 7.85. The predicted molar refractivity (Wildman–Crippen MR) is 93.6 cm³/mol. The number of rotatable bonds is 2. The number of hydrogen-bond donors (Lipinski definition) is 2. The van der Waals surface area contributed by atoms with Crippen LogP contribution in [0.3, 0.4) is 0 Å². The monoisotopic (exact) mass is 362 g/mol. The molecule has 0 spiro atoms. The van der Waals surface area contributed by atoms with Gasteiger partial charge in [0.15, 0.2) is 0 Å². The molecule has 0 saturated carbocycles. The van der Waals surface area contributed by atoms with Gasteiger partial charge in [-0.15, -0.1) is 0 Å². The lowest BCUT2D eigenvalue weighted by atomic mass is 10.1. The van der Waals surface area contributed by atoms with Crippen LogP contribution in [0.2, 0.25) is 0 Å². The van der Waals surface area contributed by atoms with Crippen molar-refractivity contribution in [1.82, 2.24) is 0 Å². The maximum atomic E-state index is 10.7. The molecule has 132 valence electrons. The molecule has 0 atom stereocenters. The Bertz CT molecular complexity index is 1010. The molecule has 0 aliphatic heterocycles. The van der Waals surface area contributed by atoms with Gasteiger partial charge >= 0.3 is 5.97 Å². The van der Waals surface area contributed by atoms with Gasteiger partial charge in [0.2, 0.25) is 0 Å². The van der Waals surface area contributed by atoms with E-state index in [1.54, 1.807) is 30.3 Å². The van der Waals surface area contributed by atoms with Crippen molar-refractivity contribution >= 4 is 27.1 Å². The number of carbonyl (C=O) groups is 1. The molecule has 0 aliphatic carbocycles. The van der Waals surface area contributed by atoms with Gasteiger partial charge in [-0.05, 0) is 56.7 Å². The van der Waals surface area contributed by atoms with E-state index in [0.29, 0.717) is 5.56 Å². The molecule has 0 amide bonds. The van der Waals surface area contributed by atoms with Gasteiger partial charge in [0.05, 0.1) is 10.5 Å². The Labute approximate surface area is 145 Å². The molecule has 0 aliphatic rings. The summed E-state index contributed by atoms with van der Waals surface area (Å²) < 4.78 is 35.0. The normalized spacial score (nSPS) is 11.0.